The number of rotatable bonds is 2. The van der Waals surface area contributed by atoms with E-state index in [0.29, 0.717) is 23.0 Å². The number of alkyl halides is 3. The molecule has 2 aromatic rings. The van der Waals surface area contributed by atoms with E-state index in [-0.39, 0.29) is 16.6 Å². The van der Waals surface area contributed by atoms with Gasteiger partial charge in [-0.25, -0.2) is 4.99 Å². The summed E-state index contributed by atoms with van der Waals surface area (Å²) in [4.78, 5) is 7.61. The van der Waals surface area contributed by atoms with Crippen LogP contribution in [0.15, 0.2) is 41.5 Å². The number of nitrogens with zero attached hydrogens (tertiary/aromatic N) is 2. The first kappa shape index (κ1) is 16.5. The molecule has 0 bridgehead atoms. The molecule has 9 heteroatoms. The average molecular weight is 350 g/mol. The maximum Gasteiger partial charge on any atom is 0.417 e. The smallest absolute Gasteiger partial charge is 0.290 e. The second-order valence-corrected chi connectivity index (χ2v) is 4.94. The van der Waals surface area contributed by atoms with Crippen LogP contribution in [-0.4, -0.2) is 16.0 Å². The Kier molecular flexibility index (Phi) is 4.90. The van der Waals surface area contributed by atoms with E-state index in [1.807, 2.05) is 0 Å². The molecule has 0 aliphatic rings. The van der Waals surface area contributed by atoms with Gasteiger partial charge in [0.2, 0.25) is 0 Å². The summed E-state index contributed by atoms with van der Waals surface area (Å²) in [6.45, 7) is 0. The highest BCUT2D eigenvalue weighted by Crippen LogP contribution is 2.31. The van der Waals surface area contributed by atoms with E-state index in [0.717, 1.165) is 0 Å². The van der Waals surface area contributed by atoms with E-state index in [1.165, 1.54) is 0 Å². The molecule has 4 nitrogen and oxygen atoms in total. The van der Waals surface area contributed by atoms with Crippen molar-refractivity contribution in [3.8, 4) is 0 Å². The summed E-state index contributed by atoms with van der Waals surface area (Å²) in [5.41, 5.74) is 1.06. The van der Waals surface area contributed by atoms with Crippen LogP contribution in [0.4, 0.5) is 18.9 Å². The lowest BCUT2D eigenvalue weighted by molar-refractivity contribution is -0.137. The SMILES string of the molecule is ONC(=Nc1ccc(Cl)cc1)c1ncc(C(F)(F)F)cc1Cl. The van der Waals surface area contributed by atoms with Crippen molar-refractivity contribution in [2.45, 2.75) is 6.18 Å². The topological polar surface area (TPSA) is 57.5 Å². The molecule has 0 amide bonds. The lowest BCUT2D eigenvalue weighted by atomic mass is 10.2. The summed E-state index contributed by atoms with van der Waals surface area (Å²) in [5, 5.41) is 9.31. The Morgan fingerprint density at radius 3 is 2.32 bits per heavy atom. The molecular weight excluding hydrogens is 342 g/mol. The van der Waals surface area contributed by atoms with Gasteiger partial charge in [0.1, 0.15) is 5.69 Å². The van der Waals surface area contributed by atoms with Gasteiger partial charge in [-0.15, -0.1) is 0 Å². The van der Waals surface area contributed by atoms with Crippen LogP contribution in [-0.2, 0) is 6.18 Å². The quantitative estimate of drug-likeness (QED) is 0.478. The second kappa shape index (κ2) is 6.51. The number of pyridine rings is 1. The number of hydroxylamine groups is 1. The van der Waals surface area contributed by atoms with Gasteiger partial charge >= 0.3 is 6.18 Å². The molecule has 116 valence electrons. The fraction of sp³-hybridized carbons (Fsp3) is 0.0769. The Labute approximate surface area is 133 Å². The molecule has 0 radical (unpaired) electrons. The number of aliphatic imine (C=N–C) groups is 1. The first-order valence-electron chi connectivity index (χ1n) is 5.78. The zero-order chi connectivity index (χ0) is 16.3. The molecule has 22 heavy (non-hydrogen) atoms. The van der Waals surface area contributed by atoms with Crippen molar-refractivity contribution >= 4 is 34.7 Å². The average Bonchev–Trinajstić information content (AvgIpc) is 2.46. The predicted molar refractivity (Wildman–Crippen MR) is 76.8 cm³/mol. The molecule has 0 spiro atoms. The van der Waals surface area contributed by atoms with Gasteiger partial charge in [0.25, 0.3) is 0 Å². The molecule has 0 fully saturated rings. The number of benzene rings is 1. The van der Waals surface area contributed by atoms with Crippen molar-refractivity contribution in [2.24, 2.45) is 4.99 Å². The molecule has 0 aliphatic heterocycles. The molecule has 1 aromatic heterocycles. The van der Waals surface area contributed by atoms with Gasteiger partial charge < -0.3 is 0 Å². The van der Waals surface area contributed by atoms with Gasteiger partial charge in [-0.2, -0.15) is 13.2 Å². The van der Waals surface area contributed by atoms with Crippen molar-refractivity contribution < 1.29 is 18.4 Å². The zero-order valence-electron chi connectivity index (χ0n) is 10.7. The number of amidine groups is 1. The minimum absolute atomic E-state index is 0.118. The summed E-state index contributed by atoms with van der Waals surface area (Å²) in [6, 6.07) is 6.95. The first-order valence-corrected chi connectivity index (χ1v) is 6.54. The molecule has 0 saturated carbocycles. The molecule has 0 atom stereocenters. The number of nitrogens with one attached hydrogen (secondary N) is 1. The maximum atomic E-state index is 12.6. The molecule has 2 N–H and O–H groups in total. The van der Waals surface area contributed by atoms with Crippen LogP contribution in [0.2, 0.25) is 10.0 Å². The van der Waals surface area contributed by atoms with Gasteiger partial charge in [-0.3, -0.25) is 15.7 Å². The fourth-order valence-corrected chi connectivity index (χ4v) is 1.92. The van der Waals surface area contributed by atoms with Crippen LogP contribution in [0.1, 0.15) is 11.3 Å². The standard InChI is InChI=1S/C13H8Cl2F3N3O/c14-8-1-3-9(4-2-8)20-12(21-22)11-10(15)5-7(6-19-11)13(16,17)18/h1-6,22H,(H,20,21). The first-order chi connectivity index (χ1) is 10.3. The molecule has 1 aromatic carbocycles. The minimum atomic E-state index is -4.56. The van der Waals surface area contributed by atoms with Crippen molar-refractivity contribution in [3.05, 3.63) is 57.8 Å². The van der Waals surface area contributed by atoms with Crippen molar-refractivity contribution in [3.63, 3.8) is 0 Å². The molecule has 2 rings (SSSR count). The van der Waals surface area contributed by atoms with E-state index < -0.39 is 11.7 Å². The van der Waals surface area contributed by atoms with Crippen molar-refractivity contribution in [1.29, 1.82) is 0 Å². The number of halogens is 5. The van der Waals surface area contributed by atoms with Crippen LogP contribution < -0.4 is 5.48 Å². The number of hydrogen-bond donors (Lipinski definition) is 2. The van der Waals surface area contributed by atoms with Crippen LogP contribution in [0.3, 0.4) is 0 Å². The van der Waals surface area contributed by atoms with E-state index in [4.69, 9.17) is 28.4 Å². The van der Waals surface area contributed by atoms with Crippen molar-refractivity contribution in [1.82, 2.24) is 10.5 Å². The van der Waals surface area contributed by atoms with Gasteiger partial charge in [-0.05, 0) is 30.3 Å². The van der Waals surface area contributed by atoms with Crippen LogP contribution >= 0.6 is 23.2 Å². The lowest BCUT2D eigenvalue weighted by Gasteiger charge is -2.10. The Balaban J connectivity index is 2.41. The summed E-state index contributed by atoms with van der Waals surface area (Å²) in [5.74, 6) is -0.193. The monoisotopic (exact) mass is 349 g/mol. The van der Waals surface area contributed by atoms with Gasteiger partial charge in [0, 0.05) is 11.2 Å². The molecule has 0 saturated heterocycles. The van der Waals surface area contributed by atoms with Crippen LogP contribution in [0, 0.1) is 0 Å². The Morgan fingerprint density at radius 2 is 1.82 bits per heavy atom. The fourth-order valence-electron chi connectivity index (χ4n) is 1.54. The summed E-state index contributed by atoms with van der Waals surface area (Å²) >= 11 is 11.5. The normalized spacial score (nSPS) is 12.4. The van der Waals surface area contributed by atoms with E-state index in [2.05, 4.69) is 9.98 Å². The van der Waals surface area contributed by atoms with Crippen LogP contribution in [0.5, 0.6) is 0 Å². The number of hydrogen-bond acceptors (Lipinski definition) is 3. The molecule has 0 unspecified atom stereocenters. The highest BCUT2D eigenvalue weighted by atomic mass is 35.5. The predicted octanol–water partition coefficient (Wildman–Crippen LogP) is 4.46. The lowest BCUT2D eigenvalue weighted by Crippen LogP contribution is -2.22. The maximum absolute atomic E-state index is 12.6. The Hall–Kier alpha value is -1.83. The minimum Gasteiger partial charge on any atom is -0.290 e. The summed E-state index contributed by atoms with van der Waals surface area (Å²) < 4.78 is 37.7. The van der Waals surface area contributed by atoms with Crippen molar-refractivity contribution in [2.75, 3.05) is 0 Å². The Morgan fingerprint density at radius 1 is 1.18 bits per heavy atom. The summed E-state index contributed by atoms with van der Waals surface area (Å²) in [6.07, 6.45) is -3.95. The van der Waals surface area contributed by atoms with E-state index >= 15 is 0 Å². The second-order valence-electron chi connectivity index (χ2n) is 4.10. The highest BCUT2D eigenvalue weighted by molar-refractivity contribution is 6.33. The third kappa shape index (κ3) is 3.88. The Bertz CT molecular complexity index is 703. The van der Waals surface area contributed by atoms with E-state index in [1.54, 1.807) is 29.7 Å². The third-order valence-corrected chi connectivity index (χ3v) is 3.11. The largest absolute Gasteiger partial charge is 0.417 e. The zero-order valence-corrected chi connectivity index (χ0v) is 12.2. The molecule has 0 aliphatic carbocycles. The molecular formula is C13H8Cl2F3N3O. The van der Waals surface area contributed by atoms with Crippen LogP contribution in [0.25, 0.3) is 0 Å². The summed E-state index contributed by atoms with van der Waals surface area (Å²) in [7, 11) is 0. The van der Waals surface area contributed by atoms with Gasteiger partial charge in [0.15, 0.2) is 5.84 Å². The van der Waals surface area contributed by atoms with Gasteiger partial charge in [-0.1, -0.05) is 23.2 Å². The van der Waals surface area contributed by atoms with Gasteiger partial charge in [0.05, 0.1) is 16.3 Å². The molecule has 1 heterocycles. The number of aromatic nitrogens is 1. The van der Waals surface area contributed by atoms with E-state index in [9.17, 15) is 13.2 Å². The third-order valence-electron chi connectivity index (χ3n) is 2.57. The highest BCUT2D eigenvalue weighted by Gasteiger charge is 2.32.